The number of methoxy groups -OCH3 is 1. The van der Waals surface area contributed by atoms with Crippen LogP contribution in [0.3, 0.4) is 0 Å². The lowest BCUT2D eigenvalue weighted by molar-refractivity contribution is 0.413. The van der Waals surface area contributed by atoms with Gasteiger partial charge in [0, 0.05) is 9.89 Å². The van der Waals surface area contributed by atoms with Gasteiger partial charge in [-0.2, -0.15) is 0 Å². The molecular formula is C20H17BrO. The summed E-state index contributed by atoms with van der Waals surface area (Å²) in [6.45, 7) is 4.59. The van der Waals surface area contributed by atoms with E-state index >= 15 is 0 Å². The van der Waals surface area contributed by atoms with Crippen molar-refractivity contribution in [2.45, 2.75) is 19.3 Å². The van der Waals surface area contributed by atoms with Crippen LogP contribution in [0.5, 0.6) is 5.75 Å². The number of hydrogen-bond acceptors (Lipinski definition) is 1. The minimum absolute atomic E-state index is 0.000467. The van der Waals surface area contributed by atoms with E-state index in [4.69, 9.17) is 4.74 Å². The van der Waals surface area contributed by atoms with Crippen LogP contribution in [0, 0.1) is 0 Å². The molecular weight excluding hydrogens is 336 g/mol. The Bertz CT molecular complexity index is 909. The molecule has 0 bridgehead atoms. The van der Waals surface area contributed by atoms with E-state index in [1.165, 1.54) is 33.0 Å². The largest absolute Gasteiger partial charge is 0.497 e. The summed E-state index contributed by atoms with van der Waals surface area (Å²) < 4.78 is 6.54. The zero-order valence-electron chi connectivity index (χ0n) is 12.9. The van der Waals surface area contributed by atoms with E-state index in [9.17, 15) is 0 Å². The number of hydrogen-bond donors (Lipinski definition) is 0. The van der Waals surface area contributed by atoms with Crippen molar-refractivity contribution in [3.63, 3.8) is 0 Å². The maximum Gasteiger partial charge on any atom is 0.119 e. The predicted molar refractivity (Wildman–Crippen MR) is 95.8 cm³/mol. The summed E-state index contributed by atoms with van der Waals surface area (Å²) in [5.74, 6) is 0.923. The molecule has 2 heteroatoms. The van der Waals surface area contributed by atoms with Crippen molar-refractivity contribution in [1.29, 1.82) is 0 Å². The summed E-state index contributed by atoms with van der Waals surface area (Å²) in [5.41, 5.74) is 5.40. The number of halogens is 1. The fourth-order valence-electron chi connectivity index (χ4n) is 3.56. The number of benzene rings is 3. The first kappa shape index (κ1) is 13.8. The normalized spacial score (nSPS) is 14.7. The van der Waals surface area contributed by atoms with Crippen LogP contribution in [-0.2, 0) is 5.41 Å². The molecule has 3 aromatic carbocycles. The van der Waals surface area contributed by atoms with E-state index in [-0.39, 0.29) is 5.41 Å². The van der Waals surface area contributed by atoms with Gasteiger partial charge in [0.2, 0.25) is 0 Å². The Balaban J connectivity index is 2.05. The predicted octanol–water partition coefficient (Wildman–Crippen LogP) is 5.92. The summed E-state index contributed by atoms with van der Waals surface area (Å²) in [6.07, 6.45) is 0. The third kappa shape index (κ3) is 1.83. The third-order valence-corrected chi connectivity index (χ3v) is 5.30. The second-order valence-electron chi connectivity index (χ2n) is 6.43. The smallest absolute Gasteiger partial charge is 0.119 e. The Labute approximate surface area is 139 Å². The topological polar surface area (TPSA) is 9.23 Å². The third-order valence-electron chi connectivity index (χ3n) is 4.80. The molecule has 4 rings (SSSR count). The molecule has 0 radical (unpaired) electrons. The summed E-state index contributed by atoms with van der Waals surface area (Å²) in [5, 5.41) is 2.56. The quantitative estimate of drug-likeness (QED) is 0.528. The fraction of sp³-hybridized carbons (Fsp3) is 0.200. The molecule has 22 heavy (non-hydrogen) atoms. The van der Waals surface area contributed by atoms with Crippen molar-refractivity contribution in [3.8, 4) is 16.9 Å². The van der Waals surface area contributed by atoms with Crippen molar-refractivity contribution >= 4 is 26.7 Å². The highest BCUT2D eigenvalue weighted by molar-refractivity contribution is 9.10. The first-order valence-corrected chi connectivity index (χ1v) is 8.23. The molecule has 0 spiro atoms. The Morgan fingerprint density at radius 3 is 2.36 bits per heavy atom. The van der Waals surface area contributed by atoms with Crippen LogP contribution in [0.2, 0.25) is 0 Å². The van der Waals surface area contributed by atoms with Gasteiger partial charge in [-0.05, 0) is 69.4 Å². The molecule has 0 saturated carbocycles. The zero-order chi connectivity index (χ0) is 15.5. The van der Waals surface area contributed by atoms with E-state index in [0.29, 0.717) is 0 Å². The van der Waals surface area contributed by atoms with Crippen molar-refractivity contribution < 1.29 is 4.74 Å². The van der Waals surface area contributed by atoms with Crippen LogP contribution in [0.1, 0.15) is 25.0 Å². The standard InChI is InChI=1S/C20H17BrO/c1-20(2)18-10-12-4-5-14(21)8-13(12)9-17(18)16-7-6-15(22-3)11-19(16)20/h4-11H,1-3H3. The van der Waals surface area contributed by atoms with Crippen LogP contribution in [0.4, 0.5) is 0 Å². The van der Waals surface area contributed by atoms with Gasteiger partial charge in [0.25, 0.3) is 0 Å². The van der Waals surface area contributed by atoms with Gasteiger partial charge in [-0.25, -0.2) is 0 Å². The molecule has 1 nitrogen and oxygen atoms in total. The molecule has 0 amide bonds. The van der Waals surface area contributed by atoms with Crippen LogP contribution >= 0.6 is 15.9 Å². The van der Waals surface area contributed by atoms with Gasteiger partial charge in [-0.1, -0.05) is 41.9 Å². The monoisotopic (exact) mass is 352 g/mol. The van der Waals surface area contributed by atoms with Crippen molar-refractivity contribution in [3.05, 3.63) is 64.1 Å². The van der Waals surface area contributed by atoms with Gasteiger partial charge in [-0.15, -0.1) is 0 Å². The second kappa shape index (κ2) is 4.60. The lowest BCUT2D eigenvalue weighted by Gasteiger charge is -2.22. The van der Waals surface area contributed by atoms with Crippen molar-refractivity contribution in [1.82, 2.24) is 0 Å². The Hall–Kier alpha value is -1.80. The maximum absolute atomic E-state index is 5.42. The van der Waals surface area contributed by atoms with Gasteiger partial charge in [0.05, 0.1) is 7.11 Å². The average molecular weight is 353 g/mol. The molecule has 0 unspecified atom stereocenters. The van der Waals surface area contributed by atoms with Gasteiger partial charge in [0.15, 0.2) is 0 Å². The molecule has 0 fully saturated rings. The van der Waals surface area contributed by atoms with E-state index in [1.54, 1.807) is 7.11 Å². The molecule has 0 saturated heterocycles. The molecule has 0 aliphatic heterocycles. The molecule has 1 aliphatic rings. The minimum Gasteiger partial charge on any atom is -0.497 e. The fourth-order valence-corrected chi connectivity index (χ4v) is 3.93. The van der Waals surface area contributed by atoms with Crippen molar-refractivity contribution in [2.24, 2.45) is 0 Å². The van der Waals surface area contributed by atoms with Crippen LogP contribution in [-0.4, -0.2) is 7.11 Å². The second-order valence-corrected chi connectivity index (χ2v) is 7.34. The minimum atomic E-state index is 0.000467. The molecule has 0 aromatic heterocycles. The maximum atomic E-state index is 5.42. The average Bonchev–Trinajstić information content (AvgIpc) is 2.73. The van der Waals surface area contributed by atoms with Gasteiger partial charge in [-0.3, -0.25) is 0 Å². The van der Waals surface area contributed by atoms with E-state index in [0.717, 1.165) is 10.2 Å². The van der Waals surface area contributed by atoms with Crippen LogP contribution in [0.25, 0.3) is 21.9 Å². The van der Waals surface area contributed by atoms with Crippen LogP contribution in [0.15, 0.2) is 53.0 Å². The highest BCUT2D eigenvalue weighted by Gasteiger charge is 2.35. The lowest BCUT2D eigenvalue weighted by atomic mass is 9.82. The molecule has 0 N–H and O–H groups in total. The van der Waals surface area contributed by atoms with E-state index in [2.05, 4.69) is 78.3 Å². The summed E-state index contributed by atoms with van der Waals surface area (Å²) in [4.78, 5) is 0. The van der Waals surface area contributed by atoms with Gasteiger partial charge >= 0.3 is 0 Å². The Morgan fingerprint density at radius 1 is 0.818 bits per heavy atom. The van der Waals surface area contributed by atoms with E-state index in [1.807, 2.05) is 0 Å². The SMILES string of the molecule is COc1ccc2c(c1)C(C)(C)c1cc3ccc(Br)cc3cc1-2. The van der Waals surface area contributed by atoms with Gasteiger partial charge < -0.3 is 4.74 Å². The number of rotatable bonds is 1. The van der Waals surface area contributed by atoms with Crippen LogP contribution < -0.4 is 4.74 Å². The van der Waals surface area contributed by atoms with Crippen molar-refractivity contribution in [2.75, 3.05) is 7.11 Å². The summed E-state index contributed by atoms with van der Waals surface area (Å²) in [7, 11) is 1.72. The molecule has 110 valence electrons. The number of fused-ring (bicyclic) bond motifs is 4. The Morgan fingerprint density at radius 2 is 1.59 bits per heavy atom. The molecule has 3 aromatic rings. The molecule has 0 heterocycles. The summed E-state index contributed by atoms with van der Waals surface area (Å²) in [6, 6.07) is 17.5. The van der Waals surface area contributed by atoms with E-state index < -0.39 is 0 Å². The Kier molecular flexibility index (Phi) is 2.89. The molecule has 1 aliphatic carbocycles. The summed E-state index contributed by atoms with van der Waals surface area (Å²) >= 11 is 3.57. The first-order valence-electron chi connectivity index (χ1n) is 7.43. The zero-order valence-corrected chi connectivity index (χ0v) is 14.5. The lowest BCUT2D eigenvalue weighted by Crippen LogP contribution is -2.15. The first-order chi connectivity index (χ1) is 10.5. The number of ether oxygens (including phenoxy) is 1. The molecule has 0 atom stereocenters. The van der Waals surface area contributed by atoms with Gasteiger partial charge in [0.1, 0.15) is 5.75 Å². The highest BCUT2D eigenvalue weighted by Crippen LogP contribution is 2.50. The highest BCUT2D eigenvalue weighted by atomic mass is 79.9.